The van der Waals surface area contributed by atoms with Gasteiger partial charge in [0.05, 0.1) is 24.5 Å². The van der Waals surface area contributed by atoms with Crippen molar-refractivity contribution in [3.8, 4) is 0 Å². The van der Waals surface area contributed by atoms with Gasteiger partial charge in [-0.25, -0.2) is 0 Å². The lowest BCUT2D eigenvalue weighted by molar-refractivity contribution is -0.121. The normalized spacial score (nSPS) is 16.2. The lowest BCUT2D eigenvalue weighted by Crippen LogP contribution is -2.45. The molecule has 0 fully saturated rings. The fourth-order valence-corrected chi connectivity index (χ4v) is 3.30. The van der Waals surface area contributed by atoms with Crippen LogP contribution >= 0.6 is 0 Å². The Morgan fingerprint density at radius 1 is 1.11 bits per heavy atom. The Balaban J connectivity index is 1.66. The minimum absolute atomic E-state index is 0.0646. The van der Waals surface area contributed by atoms with Gasteiger partial charge in [0.25, 0.3) is 0 Å². The molecule has 1 aliphatic rings. The summed E-state index contributed by atoms with van der Waals surface area (Å²) in [6.07, 6.45) is 0.221. The molecule has 0 aromatic heterocycles. The highest BCUT2D eigenvalue weighted by Crippen LogP contribution is 2.31. The predicted molar refractivity (Wildman–Crippen MR) is 109 cm³/mol. The number of rotatable bonds is 5. The van der Waals surface area contributed by atoms with Crippen molar-refractivity contribution in [2.24, 2.45) is 0 Å². The Kier molecular flexibility index (Phi) is 6.06. The minimum atomic E-state index is -0.275. The molecule has 1 atom stereocenters. The number of amides is 3. The van der Waals surface area contributed by atoms with Gasteiger partial charge in [-0.05, 0) is 38.2 Å². The number of benzene rings is 2. The lowest BCUT2D eigenvalue weighted by atomic mass is 10.1. The van der Waals surface area contributed by atoms with Crippen molar-refractivity contribution in [1.29, 1.82) is 0 Å². The van der Waals surface area contributed by atoms with Gasteiger partial charge in [-0.1, -0.05) is 30.3 Å². The molecule has 3 amide bonds. The van der Waals surface area contributed by atoms with Crippen molar-refractivity contribution in [1.82, 2.24) is 4.90 Å². The molecular weight excluding hydrogens is 356 g/mol. The minimum Gasteiger partial charge on any atom is -0.325 e. The first-order valence-corrected chi connectivity index (χ1v) is 9.18. The summed E-state index contributed by atoms with van der Waals surface area (Å²) >= 11 is 0. The molecular formula is C21H24N4O3. The molecule has 0 radical (unpaired) electrons. The number of carbonyl (C=O) groups is 3. The zero-order valence-corrected chi connectivity index (χ0v) is 16.0. The number of hydrogen-bond donors (Lipinski definition) is 2. The first kappa shape index (κ1) is 19.6. The van der Waals surface area contributed by atoms with Crippen LogP contribution in [0.3, 0.4) is 0 Å². The van der Waals surface area contributed by atoms with Crippen molar-refractivity contribution in [2.45, 2.75) is 19.4 Å². The summed E-state index contributed by atoms with van der Waals surface area (Å²) in [5.41, 5.74) is 2.01. The molecule has 2 N–H and O–H groups in total. The molecule has 2 aromatic rings. The number of fused-ring (bicyclic) bond motifs is 1. The van der Waals surface area contributed by atoms with Crippen LogP contribution < -0.4 is 15.5 Å². The van der Waals surface area contributed by atoms with E-state index >= 15 is 0 Å². The molecule has 1 aliphatic heterocycles. The SMILES string of the molecule is C[C@@H]1CC(=O)Nc2ccccc2N1C(=O)CN(C)CC(=O)Nc1ccccc1. The van der Waals surface area contributed by atoms with E-state index in [1.54, 1.807) is 22.9 Å². The second kappa shape index (κ2) is 8.67. The lowest BCUT2D eigenvalue weighted by Gasteiger charge is -2.29. The van der Waals surface area contributed by atoms with E-state index in [9.17, 15) is 14.4 Å². The van der Waals surface area contributed by atoms with Gasteiger partial charge in [-0.15, -0.1) is 0 Å². The summed E-state index contributed by atoms with van der Waals surface area (Å²) in [6.45, 7) is 2.00. The number of likely N-dealkylation sites (N-methyl/N-ethyl adjacent to an activating group) is 1. The molecule has 0 unspecified atom stereocenters. The maximum Gasteiger partial charge on any atom is 0.241 e. The summed E-state index contributed by atoms with van der Waals surface area (Å²) in [6, 6.07) is 16.2. The highest BCUT2D eigenvalue weighted by atomic mass is 16.2. The van der Waals surface area contributed by atoms with Crippen LogP contribution in [0.2, 0.25) is 0 Å². The van der Waals surface area contributed by atoms with E-state index in [0.29, 0.717) is 17.1 Å². The molecule has 7 nitrogen and oxygen atoms in total. The van der Waals surface area contributed by atoms with Crippen LogP contribution in [0.1, 0.15) is 13.3 Å². The van der Waals surface area contributed by atoms with Crippen molar-refractivity contribution >= 4 is 34.8 Å². The average molecular weight is 380 g/mol. The van der Waals surface area contributed by atoms with Gasteiger partial charge in [-0.2, -0.15) is 0 Å². The Bertz CT molecular complexity index is 869. The van der Waals surface area contributed by atoms with Gasteiger partial charge in [-0.3, -0.25) is 19.3 Å². The molecule has 3 rings (SSSR count). The van der Waals surface area contributed by atoms with Crippen LogP contribution in [0.4, 0.5) is 17.1 Å². The van der Waals surface area contributed by atoms with Crippen LogP contribution in [0.5, 0.6) is 0 Å². The van der Waals surface area contributed by atoms with Gasteiger partial charge >= 0.3 is 0 Å². The number of hydrogen-bond acceptors (Lipinski definition) is 4. The van der Waals surface area contributed by atoms with Gasteiger partial charge in [0, 0.05) is 18.2 Å². The molecule has 146 valence electrons. The van der Waals surface area contributed by atoms with Crippen LogP contribution in [0, 0.1) is 0 Å². The first-order valence-electron chi connectivity index (χ1n) is 9.18. The molecule has 7 heteroatoms. The summed E-state index contributed by atoms with van der Waals surface area (Å²) in [4.78, 5) is 40.6. The molecule has 0 saturated carbocycles. The van der Waals surface area contributed by atoms with Gasteiger partial charge in [0.1, 0.15) is 0 Å². The summed E-state index contributed by atoms with van der Waals surface area (Å²) in [7, 11) is 1.72. The largest absolute Gasteiger partial charge is 0.325 e. The summed E-state index contributed by atoms with van der Waals surface area (Å²) in [5.74, 6) is -0.472. The maximum absolute atomic E-state index is 13.0. The Labute approximate surface area is 164 Å². The Morgan fingerprint density at radius 2 is 1.79 bits per heavy atom. The average Bonchev–Trinajstić information content (AvgIpc) is 2.76. The highest BCUT2D eigenvalue weighted by molar-refractivity contribution is 6.05. The Morgan fingerprint density at radius 3 is 2.54 bits per heavy atom. The fraction of sp³-hybridized carbons (Fsp3) is 0.286. The number of nitrogens with zero attached hydrogens (tertiary/aromatic N) is 2. The smallest absolute Gasteiger partial charge is 0.241 e. The quantitative estimate of drug-likeness (QED) is 0.834. The third-order valence-electron chi connectivity index (χ3n) is 4.50. The molecule has 0 saturated heterocycles. The molecule has 1 heterocycles. The van der Waals surface area contributed by atoms with Gasteiger partial charge in [0.15, 0.2) is 0 Å². The zero-order chi connectivity index (χ0) is 20.1. The second-order valence-electron chi connectivity index (χ2n) is 6.97. The van der Waals surface area contributed by atoms with E-state index in [1.165, 1.54) is 0 Å². The number of para-hydroxylation sites is 3. The van der Waals surface area contributed by atoms with E-state index in [4.69, 9.17) is 0 Å². The third kappa shape index (κ3) is 4.75. The molecule has 0 spiro atoms. The summed E-state index contributed by atoms with van der Waals surface area (Å²) < 4.78 is 0. The maximum atomic E-state index is 13.0. The first-order chi connectivity index (χ1) is 13.4. The van der Waals surface area contributed by atoms with Crippen LogP contribution in [-0.4, -0.2) is 48.8 Å². The number of carbonyl (C=O) groups excluding carboxylic acids is 3. The second-order valence-corrected chi connectivity index (χ2v) is 6.97. The van der Waals surface area contributed by atoms with Crippen LogP contribution in [-0.2, 0) is 14.4 Å². The van der Waals surface area contributed by atoms with Gasteiger partial charge < -0.3 is 15.5 Å². The predicted octanol–water partition coefficient (Wildman–Crippen LogP) is 2.32. The number of anilines is 3. The molecule has 2 aromatic carbocycles. The zero-order valence-electron chi connectivity index (χ0n) is 16.0. The topological polar surface area (TPSA) is 81.8 Å². The van der Waals surface area contributed by atoms with E-state index in [2.05, 4.69) is 10.6 Å². The van der Waals surface area contributed by atoms with Crippen molar-refractivity contribution < 1.29 is 14.4 Å². The standard InChI is InChI=1S/C21H24N4O3/c1-15-12-19(26)23-17-10-6-7-11-18(17)25(15)21(28)14-24(2)13-20(27)22-16-8-4-3-5-9-16/h3-11,15H,12-14H2,1-2H3,(H,22,27)(H,23,26)/t15-/m1/s1. The molecule has 28 heavy (non-hydrogen) atoms. The van der Waals surface area contributed by atoms with Crippen molar-refractivity contribution in [3.63, 3.8) is 0 Å². The third-order valence-corrected chi connectivity index (χ3v) is 4.50. The van der Waals surface area contributed by atoms with E-state index < -0.39 is 0 Å². The van der Waals surface area contributed by atoms with Gasteiger partial charge in [0.2, 0.25) is 17.7 Å². The van der Waals surface area contributed by atoms with Crippen molar-refractivity contribution in [3.05, 3.63) is 54.6 Å². The fourth-order valence-electron chi connectivity index (χ4n) is 3.30. The van der Waals surface area contributed by atoms with Crippen LogP contribution in [0.15, 0.2) is 54.6 Å². The molecule has 0 bridgehead atoms. The summed E-state index contributed by atoms with van der Waals surface area (Å²) in [5, 5.41) is 5.65. The number of nitrogens with one attached hydrogen (secondary N) is 2. The van der Waals surface area contributed by atoms with Crippen LogP contribution in [0.25, 0.3) is 0 Å². The Hall–Kier alpha value is -3.19. The van der Waals surface area contributed by atoms with E-state index in [-0.39, 0.29) is 43.3 Å². The van der Waals surface area contributed by atoms with Crippen molar-refractivity contribution in [2.75, 3.05) is 35.7 Å². The monoisotopic (exact) mass is 380 g/mol. The highest BCUT2D eigenvalue weighted by Gasteiger charge is 2.30. The van der Waals surface area contributed by atoms with E-state index in [0.717, 1.165) is 0 Å². The van der Waals surface area contributed by atoms with E-state index in [1.807, 2.05) is 55.5 Å². The molecule has 0 aliphatic carbocycles.